The Morgan fingerprint density at radius 1 is 1.24 bits per heavy atom. The minimum atomic E-state index is -4.33. The lowest BCUT2D eigenvalue weighted by atomic mass is 10.1. The number of aliphatic hydroxyl groups is 1. The number of para-hydroxylation sites is 1. The van der Waals surface area contributed by atoms with E-state index >= 15 is 0 Å². The van der Waals surface area contributed by atoms with Gasteiger partial charge in [0.2, 0.25) is 10.0 Å². The molecule has 1 fully saturated rings. The van der Waals surface area contributed by atoms with Crippen LogP contribution in [0, 0.1) is 13.8 Å². The van der Waals surface area contributed by atoms with Crippen LogP contribution in [-0.2, 0) is 21.4 Å². The van der Waals surface area contributed by atoms with Crippen molar-refractivity contribution >= 4 is 50.1 Å². The third-order valence-electron chi connectivity index (χ3n) is 5.77. The first-order valence-corrected chi connectivity index (χ1v) is 12.6. The van der Waals surface area contributed by atoms with Crippen molar-refractivity contribution in [3.05, 3.63) is 63.3 Å². The molecule has 11 heteroatoms. The second kappa shape index (κ2) is 9.31. The van der Waals surface area contributed by atoms with Gasteiger partial charge in [0.25, 0.3) is 0 Å². The second-order valence-electron chi connectivity index (χ2n) is 8.18. The minimum Gasteiger partial charge on any atom is -0.487 e. The summed E-state index contributed by atoms with van der Waals surface area (Å²) >= 11 is 12.8. The van der Waals surface area contributed by atoms with Crippen molar-refractivity contribution in [2.24, 2.45) is 0 Å². The molecule has 0 saturated carbocycles. The van der Waals surface area contributed by atoms with Gasteiger partial charge in [-0.2, -0.15) is 4.31 Å². The number of fused-ring (bicyclic) bond motifs is 1. The molecule has 0 radical (unpaired) electrons. The third kappa shape index (κ3) is 4.46. The predicted molar refractivity (Wildman–Crippen MR) is 128 cm³/mol. The fourth-order valence-electron chi connectivity index (χ4n) is 4.13. The van der Waals surface area contributed by atoms with Crippen LogP contribution in [0.4, 0.5) is 0 Å². The molecule has 0 spiro atoms. The zero-order valence-electron chi connectivity index (χ0n) is 18.3. The van der Waals surface area contributed by atoms with Crippen molar-refractivity contribution in [2.45, 2.75) is 43.9 Å². The van der Waals surface area contributed by atoms with Crippen LogP contribution in [0.1, 0.15) is 23.2 Å². The smallest absolute Gasteiger partial charge is 0.322 e. The minimum absolute atomic E-state index is 0.139. The van der Waals surface area contributed by atoms with Gasteiger partial charge in [-0.1, -0.05) is 35.3 Å². The first kappa shape index (κ1) is 24.7. The molecule has 1 aliphatic rings. The maximum absolute atomic E-state index is 13.3. The molecular formula is C23H22Cl2N2O6S. The quantitative estimate of drug-likeness (QED) is 0.501. The second-order valence-corrected chi connectivity index (χ2v) is 10.8. The highest BCUT2D eigenvalue weighted by Gasteiger charge is 2.44. The van der Waals surface area contributed by atoms with E-state index in [0.717, 1.165) is 20.9 Å². The Labute approximate surface area is 206 Å². The molecule has 2 atom stereocenters. The van der Waals surface area contributed by atoms with Gasteiger partial charge < -0.3 is 14.9 Å². The molecule has 8 nitrogen and oxygen atoms in total. The predicted octanol–water partition coefficient (Wildman–Crippen LogP) is 3.95. The van der Waals surface area contributed by atoms with Gasteiger partial charge in [-0.25, -0.2) is 13.4 Å². The number of carboxylic acid groups (broad SMARTS) is 1. The number of sulfonamides is 1. The first-order chi connectivity index (χ1) is 16.0. The van der Waals surface area contributed by atoms with Crippen LogP contribution in [0.25, 0.3) is 10.9 Å². The zero-order valence-corrected chi connectivity index (χ0v) is 20.7. The molecule has 2 heterocycles. The summed E-state index contributed by atoms with van der Waals surface area (Å²) in [7, 11) is -4.33. The van der Waals surface area contributed by atoms with Crippen LogP contribution in [0.15, 0.2) is 41.3 Å². The average Bonchev–Trinajstić information content (AvgIpc) is 3.16. The lowest BCUT2D eigenvalue weighted by Crippen LogP contribution is -2.40. The first-order valence-electron chi connectivity index (χ1n) is 10.4. The number of nitrogens with zero attached hydrogens (tertiary/aromatic N) is 2. The van der Waals surface area contributed by atoms with E-state index in [1.807, 2.05) is 32.0 Å². The number of benzene rings is 2. The van der Waals surface area contributed by atoms with E-state index in [2.05, 4.69) is 4.98 Å². The van der Waals surface area contributed by atoms with Crippen molar-refractivity contribution < 1.29 is 28.2 Å². The number of halogens is 2. The Morgan fingerprint density at radius 3 is 2.68 bits per heavy atom. The Hall–Kier alpha value is -2.43. The van der Waals surface area contributed by atoms with Gasteiger partial charge in [-0.3, -0.25) is 4.79 Å². The van der Waals surface area contributed by atoms with E-state index < -0.39 is 28.1 Å². The molecule has 34 heavy (non-hydrogen) atoms. The highest BCUT2D eigenvalue weighted by Crippen LogP contribution is 2.36. The molecule has 2 aromatic carbocycles. The highest BCUT2D eigenvalue weighted by atomic mass is 35.5. The monoisotopic (exact) mass is 524 g/mol. The van der Waals surface area contributed by atoms with E-state index in [9.17, 15) is 23.4 Å². The Bertz CT molecular complexity index is 1400. The van der Waals surface area contributed by atoms with Gasteiger partial charge in [0.05, 0.1) is 11.1 Å². The molecule has 1 aromatic heterocycles. The van der Waals surface area contributed by atoms with Crippen LogP contribution in [0.5, 0.6) is 5.75 Å². The molecule has 1 saturated heterocycles. The number of β-amino-alcohol motifs (C(OH)–C–C–N with tert-alkyl or cyclic N) is 1. The van der Waals surface area contributed by atoms with Crippen LogP contribution >= 0.6 is 23.2 Å². The lowest BCUT2D eigenvalue weighted by Gasteiger charge is -2.22. The van der Waals surface area contributed by atoms with E-state index in [-0.39, 0.29) is 40.1 Å². The van der Waals surface area contributed by atoms with Crippen LogP contribution < -0.4 is 4.74 Å². The van der Waals surface area contributed by atoms with E-state index in [1.165, 1.54) is 12.1 Å². The highest BCUT2D eigenvalue weighted by molar-refractivity contribution is 7.89. The number of ether oxygens (including phenoxy) is 1. The molecule has 180 valence electrons. The van der Waals surface area contributed by atoms with Crippen molar-refractivity contribution in [2.75, 3.05) is 6.54 Å². The fourth-order valence-corrected chi connectivity index (χ4v) is 6.62. The maximum atomic E-state index is 13.3. The van der Waals surface area contributed by atoms with E-state index in [4.69, 9.17) is 27.9 Å². The Kier molecular flexibility index (Phi) is 6.76. The Balaban J connectivity index is 1.70. The molecular weight excluding hydrogens is 503 g/mol. The lowest BCUT2D eigenvalue weighted by molar-refractivity contribution is -0.140. The molecule has 2 N–H and O–H groups in total. The van der Waals surface area contributed by atoms with Crippen molar-refractivity contribution in [1.82, 2.24) is 9.29 Å². The molecule has 3 aromatic rings. The number of carbonyl (C=O) groups is 1. The van der Waals surface area contributed by atoms with Gasteiger partial charge in [0.1, 0.15) is 28.8 Å². The number of aryl methyl sites for hydroxylation is 2. The van der Waals surface area contributed by atoms with Crippen LogP contribution in [-0.4, -0.2) is 52.6 Å². The average molecular weight is 525 g/mol. The summed E-state index contributed by atoms with van der Waals surface area (Å²) in [5.41, 5.74) is 2.76. The summed E-state index contributed by atoms with van der Waals surface area (Å²) in [4.78, 5) is 15.8. The zero-order chi connectivity index (χ0) is 24.8. The normalized spacial score (nSPS) is 19.0. The molecule has 1 aliphatic heterocycles. The van der Waals surface area contributed by atoms with Gasteiger partial charge in [0, 0.05) is 34.6 Å². The summed E-state index contributed by atoms with van der Waals surface area (Å²) in [6.45, 7) is 3.37. The van der Waals surface area contributed by atoms with Crippen LogP contribution in [0.2, 0.25) is 10.0 Å². The summed E-state index contributed by atoms with van der Waals surface area (Å²) in [6.07, 6.45) is -1.29. The number of carboxylic acids is 1. The topological polar surface area (TPSA) is 117 Å². The maximum Gasteiger partial charge on any atom is 0.322 e. The van der Waals surface area contributed by atoms with Gasteiger partial charge >= 0.3 is 5.97 Å². The van der Waals surface area contributed by atoms with Crippen molar-refractivity contribution in [3.63, 3.8) is 0 Å². The fraction of sp³-hybridized carbons (Fsp3) is 0.304. The number of hydrogen-bond acceptors (Lipinski definition) is 6. The number of rotatable bonds is 6. The standard InChI is InChI=1S/C23H22Cl2N2O6S/c1-12-8-13(2)26-22-15(12)4-3-5-19(22)33-11-16-17(24)6-7-20(21(16)25)34(31,32)27-10-14(28)9-18(27)23(29)30/h3-8,14,18,28H,9-11H2,1-2H3,(H,29,30)/t14?,18-/m0/s1. The molecule has 0 bridgehead atoms. The summed E-state index contributed by atoms with van der Waals surface area (Å²) < 4.78 is 33.3. The van der Waals surface area contributed by atoms with Crippen LogP contribution in [0.3, 0.4) is 0 Å². The number of aliphatic hydroxyl groups excluding tert-OH is 1. The Morgan fingerprint density at radius 2 is 1.97 bits per heavy atom. The van der Waals surface area contributed by atoms with Gasteiger partial charge in [0.15, 0.2) is 0 Å². The number of aliphatic carboxylic acids is 1. The molecule has 0 aliphatic carbocycles. The summed E-state index contributed by atoms with van der Waals surface area (Å²) in [6, 6.07) is 8.68. The van der Waals surface area contributed by atoms with Crippen molar-refractivity contribution in [3.8, 4) is 5.75 Å². The third-order valence-corrected chi connectivity index (χ3v) is 8.58. The molecule has 0 amide bonds. The van der Waals surface area contributed by atoms with Crippen molar-refractivity contribution in [1.29, 1.82) is 0 Å². The van der Waals surface area contributed by atoms with Gasteiger partial charge in [-0.15, -0.1) is 0 Å². The number of pyridine rings is 1. The summed E-state index contributed by atoms with van der Waals surface area (Å²) in [5, 5.41) is 20.2. The molecule has 1 unspecified atom stereocenters. The SMILES string of the molecule is Cc1cc(C)c2cccc(OCc3c(Cl)ccc(S(=O)(=O)N4CC(O)C[C@H]4C(=O)O)c3Cl)c2n1. The van der Waals surface area contributed by atoms with E-state index in [1.54, 1.807) is 6.07 Å². The molecule has 4 rings (SSSR count). The number of hydrogen-bond donors (Lipinski definition) is 2. The number of aromatic nitrogens is 1. The van der Waals surface area contributed by atoms with E-state index in [0.29, 0.717) is 11.3 Å². The largest absolute Gasteiger partial charge is 0.487 e. The summed E-state index contributed by atoms with van der Waals surface area (Å²) in [5.74, 6) is -0.860. The van der Waals surface area contributed by atoms with Gasteiger partial charge in [-0.05, 0) is 43.7 Å².